The summed E-state index contributed by atoms with van der Waals surface area (Å²) < 4.78 is 67.2. The van der Waals surface area contributed by atoms with Crippen molar-refractivity contribution in [3.8, 4) is 0 Å². The monoisotopic (exact) mass is 412 g/mol. The minimum Gasteiger partial charge on any atom is -0.381 e. The zero-order valence-electron chi connectivity index (χ0n) is 15.5. The maximum absolute atomic E-state index is 13.2. The van der Waals surface area contributed by atoms with Crippen LogP contribution in [-0.2, 0) is 16.2 Å². The lowest BCUT2D eigenvalue weighted by Gasteiger charge is -2.26. The summed E-state index contributed by atoms with van der Waals surface area (Å²) >= 11 is 0. The summed E-state index contributed by atoms with van der Waals surface area (Å²) in [5, 5.41) is 3.22. The second-order valence-corrected chi connectivity index (χ2v) is 8.84. The Bertz CT molecular complexity index is 919. The molecule has 0 aliphatic heterocycles. The molecule has 0 amide bonds. The summed E-state index contributed by atoms with van der Waals surface area (Å²) in [7, 11) is -4.01. The first-order chi connectivity index (χ1) is 13.1. The van der Waals surface area contributed by atoms with E-state index in [1.807, 2.05) is 6.92 Å². The van der Waals surface area contributed by atoms with Crippen LogP contribution in [0.25, 0.3) is 0 Å². The average molecular weight is 412 g/mol. The Kier molecular flexibility index (Phi) is 5.88. The molecular weight excluding hydrogens is 389 g/mol. The maximum atomic E-state index is 13.2. The van der Waals surface area contributed by atoms with Gasteiger partial charge in [-0.1, -0.05) is 37.0 Å². The van der Waals surface area contributed by atoms with Crippen LogP contribution < -0.4 is 10.0 Å². The van der Waals surface area contributed by atoms with Crippen molar-refractivity contribution in [1.82, 2.24) is 0 Å². The van der Waals surface area contributed by atoms with Crippen LogP contribution in [0, 0.1) is 6.92 Å². The second kappa shape index (κ2) is 8.03. The van der Waals surface area contributed by atoms with Gasteiger partial charge >= 0.3 is 6.18 Å². The minimum atomic E-state index is -4.56. The largest absolute Gasteiger partial charge is 0.416 e. The van der Waals surface area contributed by atoms with Crippen molar-refractivity contribution in [3.63, 3.8) is 0 Å². The van der Waals surface area contributed by atoms with E-state index in [-0.39, 0.29) is 16.6 Å². The Morgan fingerprint density at radius 3 is 2.18 bits per heavy atom. The maximum Gasteiger partial charge on any atom is 0.416 e. The van der Waals surface area contributed by atoms with Gasteiger partial charge in [-0.3, -0.25) is 4.72 Å². The van der Waals surface area contributed by atoms with Crippen molar-refractivity contribution in [2.75, 3.05) is 10.0 Å². The SMILES string of the molecule is Cc1ccc(S(=O)(=O)Nc2cc(C(F)(F)F)ccc2NC2CCCCC2)cc1. The molecule has 2 aromatic carbocycles. The van der Waals surface area contributed by atoms with Crippen LogP contribution in [-0.4, -0.2) is 14.5 Å². The number of hydrogen-bond acceptors (Lipinski definition) is 3. The molecule has 0 unspecified atom stereocenters. The first-order valence-corrected chi connectivity index (χ1v) is 10.7. The first-order valence-electron chi connectivity index (χ1n) is 9.22. The highest BCUT2D eigenvalue weighted by Gasteiger charge is 2.32. The molecule has 0 saturated heterocycles. The van der Waals surface area contributed by atoms with E-state index in [1.54, 1.807) is 12.1 Å². The van der Waals surface area contributed by atoms with Crippen LogP contribution in [0.15, 0.2) is 47.4 Å². The van der Waals surface area contributed by atoms with Gasteiger partial charge in [0.05, 0.1) is 21.8 Å². The predicted molar refractivity (Wildman–Crippen MR) is 104 cm³/mol. The summed E-state index contributed by atoms with van der Waals surface area (Å²) in [6.45, 7) is 1.82. The summed E-state index contributed by atoms with van der Waals surface area (Å²) in [5.74, 6) is 0. The van der Waals surface area contributed by atoms with Gasteiger partial charge in [0.2, 0.25) is 0 Å². The van der Waals surface area contributed by atoms with Crippen LogP contribution >= 0.6 is 0 Å². The van der Waals surface area contributed by atoms with Crippen LogP contribution in [0.1, 0.15) is 43.2 Å². The molecule has 1 saturated carbocycles. The van der Waals surface area contributed by atoms with Crippen molar-refractivity contribution >= 4 is 21.4 Å². The molecular formula is C20H23F3N2O2S. The quantitative estimate of drug-likeness (QED) is 0.676. The van der Waals surface area contributed by atoms with Gasteiger partial charge < -0.3 is 5.32 Å². The van der Waals surface area contributed by atoms with E-state index in [9.17, 15) is 21.6 Å². The van der Waals surface area contributed by atoms with E-state index < -0.39 is 21.8 Å². The molecule has 0 radical (unpaired) electrons. The highest BCUT2D eigenvalue weighted by molar-refractivity contribution is 7.92. The van der Waals surface area contributed by atoms with E-state index in [4.69, 9.17) is 0 Å². The second-order valence-electron chi connectivity index (χ2n) is 7.16. The van der Waals surface area contributed by atoms with Gasteiger partial charge in [-0.15, -0.1) is 0 Å². The molecule has 1 aliphatic carbocycles. The summed E-state index contributed by atoms with van der Waals surface area (Å²) in [6, 6.07) is 9.37. The molecule has 4 nitrogen and oxygen atoms in total. The Balaban J connectivity index is 1.94. The number of benzene rings is 2. The Morgan fingerprint density at radius 1 is 0.929 bits per heavy atom. The van der Waals surface area contributed by atoms with Gasteiger partial charge in [0.15, 0.2) is 0 Å². The van der Waals surface area contributed by atoms with E-state index in [0.717, 1.165) is 49.8 Å². The first kappa shape index (κ1) is 20.5. The van der Waals surface area contributed by atoms with Crippen LogP contribution in [0.4, 0.5) is 24.5 Å². The number of rotatable bonds is 5. The van der Waals surface area contributed by atoms with Crippen LogP contribution in [0.5, 0.6) is 0 Å². The number of anilines is 2. The van der Waals surface area contributed by atoms with Crippen molar-refractivity contribution < 1.29 is 21.6 Å². The van der Waals surface area contributed by atoms with E-state index >= 15 is 0 Å². The molecule has 0 bridgehead atoms. The zero-order valence-corrected chi connectivity index (χ0v) is 16.3. The molecule has 152 valence electrons. The summed E-state index contributed by atoms with van der Waals surface area (Å²) in [6.07, 6.45) is 0.479. The Labute approximate surface area is 163 Å². The molecule has 2 aromatic rings. The highest BCUT2D eigenvalue weighted by atomic mass is 32.2. The number of alkyl halides is 3. The van der Waals surface area contributed by atoms with E-state index in [0.29, 0.717) is 5.69 Å². The highest BCUT2D eigenvalue weighted by Crippen LogP contribution is 2.36. The molecule has 28 heavy (non-hydrogen) atoms. The lowest BCUT2D eigenvalue weighted by molar-refractivity contribution is -0.137. The average Bonchev–Trinajstić information content (AvgIpc) is 2.63. The smallest absolute Gasteiger partial charge is 0.381 e. The van der Waals surface area contributed by atoms with Crippen molar-refractivity contribution in [2.24, 2.45) is 0 Å². The molecule has 2 N–H and O–H groups in total. The Morgan fingerprint density at radius 2 is 1.57 bits per heavy atom. The minimum absolute atomic E-state index is 0.000807. The van der Waals surface area contributed by atoms with Gasteiger partial charge in [0, 0.05) is 6.04 Å². The number of halogens is 3. The summed E-state index contributed by atoms with van der Waals surface area (Å²) in [5.41, 5.74) is 0.248. The van der Waals surface area contributed by atoms with Gasteiger partial charge in [-0.25, -0.2) is 8.42 Å². The standard InChI is InChI=1S/C20H23F3N2O2S/c1-14-7-10-17(11-8-14)28(26,27)25-19-13-15(20(21,22)23)9-12-18(19)24-16-5-3-2-4-6-16/h7-13,16,24-25H,2-6H2,1H3. The molecule has 8 heteroatoms. The molecule has 1 fully saturated rings. The van der Waals surface area contributed by atoms with Gasteiger partial charge in [-0.2, -0.15) is 13.2 Å². The van der Waals surface area contributed by atoms with Gasteiger partial charge in [0.1, 0.15) is 0 Å². The van der Waals surface area contributed by atoms with Gasteiger partial charge in [-0.05, 0) is 50.1 Å². The number of hydrogen-bond donors (Lipinski definition) is 2. The predicted octanol–water partition coefficient (Wildman–Crippen LogP) is 5.56. The van der Waals surface area contributed by atoms with Crippen molar-refractivity contribution in [2.45, 2.75) is 56.1 Å². The van der Waals surface area contributed by atoms with Crippen molar-refractivity contribution in [1.29, 1.82) is 0 Å². The topological polar surface area (TPSA) is 58.2 Å². The van der Waals surface area contributed by atoms with E-state index in [2.05, 4.69) is 10.0 Å². The molecule has 3 rings (SSSR count). The number of aryl methyl sites for hydroxylation is 1. The number of nitrogens with one attached hydrogen (secondary N) is 2. The van der Waals surface area contributed by atoms with Crippen LogP contribution in [0.2, 0.25) is 0 Å². The fraction of sp³-hybridized carbons (Fsp3) is 0.400. The summed E-state index contributed by atoms with van der Waals surface area (Å²) in [4.78, 5) is -0.000807. The zero-order chi connectivity index (χ0) is 20.4. The number of sulfonamides is 1. The normalized spacial score (nSPS) is 16.0. The molecule has 0 spiro atoms. The Hall–Kier alpha value is -2.22. The van der Waals surface area contributed by atoms with Crippen molar-refractivity contribution in [3.05, 3.63) is 53.6 Å². The fourth-order valence-corrected chi connectivity index (χ4v) is 4.39. The third-order valence-corrected chi connectivity index (χ3v) is 6.27. The fourth-order valence-electron chi connectivity index (χ4n) is 3.32. The molecule has 0 heterocycles. The van der Waals surface area contributed by atoms with Crippen LogP contribution in [0.3, 0.4) is 0 Å². The third kappa shape index (κ3) is 4.98. The molecule has 0 aromatic heterocycles. The lowest BCUT2D eigenvalue weighted by atomic mass is 9.95. The molecule has 0 atom stereocenters. The third-order valence-electron chi connectivity index (χ3n) is 4.89. The van der Waals surface area contributed by atoms with Gasteiger partial charge in [0.25, 0.3) is 10.0 Å². The molecule has 1 aliphatic rings. The lowest BCUT2D eigenvalue weighted by Crippen LogP contribution is -2.24. The van der Waals surface area contributed by atoms with E-state index in [1.165, 1.54) is 18.2 Å².